The van der Waals surface area contributed by atoms with Gasteiger partial charge in [-0.2, -0.15) is 5.10 Å². The summed E-state index contributed by atoms with van der Waals surface area (Å²) in [5, 5.41) is 14.8. The second kappa shape index (κ2) is 9.47. The number of hydrogen-bond donors (Lipinski definition) is 1. The van der Waals surface area contributed by atoms with E-state index >= 15 is 4.39 Å². The normalized spacial score (nSPS) is 14.4. The molecule has 0 spiro atoms. The number of anilines is 1. The number of morpholine rings is 1. The number of amides is 1. The highest BCUT2D eigenvalue weighted by Gasteiger charge is 2.21. The smallest absolute Gasteiger partial charge is 0.273 e. The lowest BCUT2D eigenvalue weighted by Crippen LogP contribution is -2.35. The molecule has 10 nitrogen and oxygen atoms in total. The first kappa shape index (κ1) is 24.1. The van der Waals surface area contributed by atoms with E-state index in [0.717, 1.165) is 18.8 Å². The van der Waals surface area contributed by atoms with Crippen LogP contribution in [0.1, 0.15) is 36.8 Å². The number of nitrogens with one attached hydrogen (secondary N) is 1. The summed E-state index contributed by atoms with van der Waals surface area (Å²) in [5.74, 6) is -1.04. The zero-order valence-electron chi connectivity index (χ0n) is 20.2. The number of rotatable bonds is 5. The fourth-order valence-corrected chi connectivity index (χ4v) is 4.22. The molecule has 0 radical (unpaired) electrons. The zero-order valence-corrected chi connectivity index (χ0v) is 21.0. The number of carbonyl (C=O) groups excluding carboxylic acids is 1. The van der Waals surface area contributed by atoms with Crippen LogP contribution in [0.25, 0.3) is 16.8 Å². The van der Waals surface area contributed by atoms with E-state index in [1.54, 1.807) is 27.5 Å². The number of nitrogens with zero attached hydrogens (tertiary/aromatic N) is 7. The molecule has 1 N–H and O–H groups in total. The highest BCUT2D eigenvalue weighted by atomic mass is 35.5. The van der Waals surface area contributed by atoms with Crippen molar-refractivity contribution in [2.75, 3.05) is 31.2 Å². The Morgan fingerprint density at radius 1 is 1.22 bits per heavy atom. The number of fused-ring (bicyclic) bond motifs is 1. The summed E-state index contributed by atoms with van der Waals surface area (Å²) in [4.78, 5) is 19.1. The van der Waals surface area contributed by atoms with Crippen molar-refractivity contribution in [3.63, 3.8) is 0 Å². The van der Waals surface area contributed by atoms with Gasteiger partial charge in [-0.05, 0) is 38.5 Å². The topological polar surface area (TPSA) is 102 Å². The molecule has 5 rings (SSSR count). The first-order chi connectivity index (χ1) is 17.2. The largest absolute Gasteiger partial charge is 0.378 e. The third-order valence-corrected chi connectivity index (χ3v) is 6.45. The van der Waals surface area contributed by atoms with E-state index in [0.29, 0.717) is 30.0 Å². The van der Waals surface area contributed by atoms with Crippen LogP contribution in [0, 0.1) is 5.82 Å². The zero-order chi connectivity index (χ0) is 25.4. The van der Waals surface area contributed by atoms with Crippen molar-refractivity contribution in [2.45, 2.75) is 32.9 Å². The van der Waals surface area contributed by atoms with E-state index in [9.17, 15) is 4.79 Å². The van der Waals surface area contributed by atoms with Crippen LogP contribution in [0.5, 0.6) is 0 Å². The van der Waals surface area contributed by atoms with Gasteiger partial charge >= 0.3 is 0 Å². The van der Waals surface area contributed by atoms with Crippen LogP contribution in [0.15, 0.2) is 36.9 Å². The first-order valence-corrected chi connectivity index (χ1v) is 11.9. The highest BCUT2D eigenvalue weighted by Crippen LogP contribution is 2.33. The minimum Gasteiger partial charge on any atom is -0.378 e. The quantitative estimate of drug-likeness (QED) is 0.437. The summed E-state index contributed by atoms with van der Waals surface area (Å²) in [6, 6.07) is 5.23. The monoisotopic (exact) mass is 512 g/mol. The highest BCUT2D eigenvalue weighted by molar-refractivity contribution is 6.31. The van der Waals surface area contributed by atoms with Crippen molar-refractivity contribution >= 4 is 28.7 Å². The fraction of sp³-hybridized carbons (Fsp3) is 0.375. The van der Waals surface area contributed by atoms with Crippen molar-refractivity contribution in [3.05, 3.63) is 59.0 Å². The third-order valence-electron chi connectivity index (χ3n) is 6.04. The average Bonchev–Trinajstić information content (AvgIpc) is 3.53. The molecule has 0 unspecified atom stereocenters. The van der Waals surface area contributed by atoms with Crippen LogP contribution >= 0.6 is 11.6 Å². The van der Waals surface area contributed by atoms with Crippen LogP contribution < -0.4 is 10.2 Å². The molecular weight excluding hydrogens is 487 g/mol. The number of benzene rings is 1. The summed E-state index contributed by atoms with van der Waals surface area (Å²) >= 11 is 6.39. The molecule has 1 amide bonds. The molecule has 188 valence electrons. The lowest BCUT2D eigenvalue weighted by Gasteiger charge is -2.27. The predicted octanol–water partition coefficient (Wildman–Crippen LogP) is 3.30. The van der Waals surface area contributed by atoms with E-state index in [1.807, 2.05) is 33.0 Å². The molecule has 4 aromatic rings. The minimum absolute atomic E-state index is 0.0305. The van der Waals surface area contributed by atoms with Gasteiger partial charge in [0, 0.05) is 25.2 Å². The van der Waals surface area contributed by atoms with E-state index in [4.69, 9.17) is 16.3 Å². The molecule has 1 aliphatic heterocycles. The lowest BCUT2D eigenvalue weighted by atomic mass is 10.1. The maximum atomic E-state index is 15.5. The molecule has 1 aromatic carbocycles. The molecule has 1 aliphatic rings. The Hall–Kier alpha value is -3.57. The van der Waals surface area contributed by atoms with Crippen molar-refractivity contribution in [1.82, 2.24) is 34.9 Å². The molecule has 0 saturated carbocycles. The van der Waals surface area contributed by atoms with E-state index in [1.165, 1.54) is 6.33 Å². The summed E-state index contributed by atoms with van der Waals surface area (Å²) in [7, 11) is 0. The van der Waals surface area contributed by atoms with E-state index < -0.39 is 11.7 Å². The number of carbonyl (C=O) groups is 1. The molecule has 1 saturated heterocycles. The SMILES string of the molecule is CC(C)(C)n1cc(C(=O)NCc2ccc(-c3ncnn4cc(N5CCOCC5)cc34)c(F)c2Cl)nn1. The van der Waals surface area contributed by atoms with Gasteiger partial charge in [0.1, 0.15) is 12.0 Å². The number of halogens is 2. The van der Waals surface area contributed by atoms with Gasteiger partial charge in [0.25, 0.3) is 5.91 Å². The molecule has 0 atom stereocenters. The fourth-order valence-electron chi connectivity index (χ4n) is 3.99. The van der Waals surface area contributed by atoms with Gasteiger partial charge < -0.3 is 15.0 Å². The Labute approximate surface area is 212 Å². The Morgan fingerprint density at radius 2 is 2.00 bits per heavy atom. The summed E-state index contributed by atoms with van der Waals surface area (Å²) < 4.78 is 24.2. The second-order valence-corrected chi connectivity index (χ2v) is 9.92. The molecule has 36 heavy (non-hydrogen) atoms. The van der Waals surface area contributed by atoms with Crippen molar-refractivity contribution in [1.29, 1.82) is 0 Å². The van der Waals surface area contributed by atoms with Gasteiger partial charge in [0.15, 0.2) is 11.5 Å². The van der Waals surface area contributed by atoms with Gasteiger partial charge in [0.05, 0.1) is 47.4 Å². The van der Waals surface area contributed by atoms with E-state index in [2.05, 4.69) is 30.6 Å². The first-order valence-electron chi connectivity index (χ1n) is 11.6. The Kier molecular flexibility index (Phi) is 6.35. The number of hydrogen-bond acceptors (Lipinski definition) is 7. The van der Waals surface area contributed by atoms with Crippen LogP contribution in [0.2, 0.25) is 5.02 Å². The maximum Gasteiger partial charge on any atom is 0.273 e. The van der Waals surface area contributed by atoms with Crippen molar-refractivity contribution in [2.24, 2.45) is 0 Å². The standard InChI is InChI=1S/C24H26ClFN8O2/c1-24(2,3)34-13-18(30-31-34)23(35)27-11-15-4-5-17(21(26)20(15)25)22-19-10-16(12-33(19)29-14-28-22)32-6-8-36-9-7-32/h4-5,10,12-14H,6-9,11H2,1-3H3,(H,27,35). The average molecular weight is 513 g/mol. The summed E-state index contributed by atoms with van der Waals surface area (Å²) in [6.07, 6.45) is 4.85. The molecule has 12 heteroatoms. The molecule has 1 fully saturated rings. The van der Waals surface area contributed by atoms with Gasteiger partial charge in [-0.25, -0.2) is 18.6 Å². The van der Waals surface area contributed by atoms with Crippen LogP contribution in [0.4, 0.5) is 10.1 Å². The second-order valence-electron chi connectivity index (χ2n) is 9.54. The van der Waals surface area contributed by atoms with Crippen molar-refractivity contribution in [3.8, 4) is 11.3 Å². The molecule has 3 aromatic heterocycles. The Morgan fingerprint density at radius 3 is 2.72 bits per heavy atom. The van der Waals surface area contributed by atoms with Crippen LogP contribution in [-0.2, 0) is 16.8 Å². The molecule has 4 heterocycles. The molecule has 0 bridgehead atoms. The number of ether oxygens (including phenoxy) is 1. The van der Waals surface area contributed by atoms with Gasteiger partial charge in [-0.15, -0.1) is 5.10 Å². The molecule has 0 aliphatic carbocycles. The van der Waals surface area contributed by atoms with Crippen LogP contribution in [-0.4, -0.2) is 61.8 Å². The number of aromatic nitrogens is 6. The Bertz CT molecular complexity index is 1420. The van der Waals surface area contributed by atoms with Gasteiger partial charge in [-0.1, -0.05) is 22.9 Å². The van der Waals surface area contributed by atoms with Crippen molar-refractivity contribution < 1.29 is 13.9 Å². The van der Waals surface area contributed by atoms with Crippen LogP contribution in [0.3, 0.4) is 0 Å². The minimum atomic E-state index is -0.614. The van der Waals surface area contributed by atoms with E-state index in [-0.39, 0.29) is 28.4 Å². The lowest BCUT2D eigenvalue weighted by molar-refractivity contribution is 0.0945. The Balaban J connectivity index is 1.37. The predicted molar refractivity (Wildman–Crippen MR) is 133 cm³/mol. The van der Waals surface area contributed by atoms with Gasteiger partial charge in [-0.3, -0.25) is 4.79 Å². The third kappa shape index (κ3) is 4.63. The summed E-state index contributed by atoms with van der Waals surface area (Å²) in [5.41, 5.74) is 2.62. The summed E-state index contributed by atoms with van der Waals surface area (Å²) in [6.45, 7) is 8.75. The maximum absolute atomic E-state index is 15.5. The molecular formula is C24H26ClFN8O2. The van der Waals surface area contributed by atoms with Gasteiger partial charge in [0.2, 0.25) is 0 Å².